The number of anilines is 1. The van der Waals surface area contributed by atoms with Gasteiger partial charge in [0.2, 0.25) is 5.95 Å². The first-order chi connectivity index (χ1) is 8.66. The maximum atomic E-state index is 12.2. The van der Waals surface area contributed by atoms with Crippen LogP contribution in [-0.4, -0.2) is 20.9 Å². The predicted octanol–water partition coefficient (Wildman–Crippen LogP) is 2.16. The van der Waals surface area contributed by atoms with Crippen LogP contribution in [0.2, 0.25) is 10.0 Å². The molecule has 0 saturated carbocycles. The highest BCUT2D eigenvalue weighted by molar-refractivity contribution is 6.42. The molecule has 5 nitrogen and oxygen atoms in total. The normalized spacial score (nSPS) is 14.1. The van der Waals surface area contributed by atoms with Gasteiger partial charge in [0.15, 0.2) is 0 Å². The van der Waals surface area contributed by atoms with Gasteiger partial charge >= 0.3 is 5.69 Å². The van der Waals surface area contributed by atoms with Crippen LogP contribution in [0.4, 0.5) is 5.95 Å². The highest BCUT2D eigenvalue weighted by atomic mass is 35.5. The number of aromatic nitrogens is 3. The van der Waals surface area contributed by atoms with E-state index >= 15 is 0 Å². The lowest BCUT2D eigenvalue weighted by molar-refractivity contribution is 0.606. The first-order valence-electron chi connectivity index (χ1n) is 5.56. The summed E-state index contributed by atoms with van der Waals surface area (Å²) in [4.78, 5) is 12.2. The molecule has 1 aromatic carbocycles. The quantitative estimate of drug-likeness (QED) is 0.873. The van der Waals surface area contributed by atoms with E-state index in [0.717, 1.165) is 13.0 Å². The number of halogens is 2. The lowest BCUT2D eigenvalue weighted by Gasteiger charge is -2.12. The van der Waals surface area contributed by atoms with Gasteiger partial charge in [-0.25, -0.2) is 4.79 Å². The third kappa shape index (κ3) is 1.79. The summed E-state index contributed by atoms with van der Waals surface area (Å²) in [5, 5.41) is 8.19. The summed E-state index contributed by atoms with van der Waals surface area (Å²) in [5.41, 5.74) is 0.439. The van der Waals surface area contributed by atoms with Crippen molar-refractivity contribution in [3.8, 4) is 5.69 Å². The smallest absolute Gasteiger partial charge is 0.352 e. The maximum Gasteiger partial charge on any atom is 0.352 e. The van der Waals surface area contributed by atoms with Crippen molar-refractivity contribution >= 4 is 29.2 Å². The van der Waals surface area contributed by atoms with Gasteiger partial charge < -0.3 is 5.32 Å². The fourth-order valence-electron chi connectivity index (χ4n) is 1.95. The van der Waals surface area contributed by atoms with Crippen molar-refractivity contribution in [2.45, 2.75) is 13.0 Å². The fraction of sp³-hybridized carbons (Fsp3) is 0.273. The maximum absolute atomic E-state index is 12.2. The Morgan fingerprint density at radius 2 is 2.11 bits per heavy atom. The summed E-state index contributed by atoms with van der Waals surface area (Å²) in [6.07, 6.45) is 0.917. The topological polar surface area (TPSA) is 51.9 Å². The molecule has 0 aliphatic carbocycles. The van der Waals surface area contributed by atoms with Gasteiger partial charge in [-0.3, -0.25) is 4.57 Å². The summed E-state index contributed by atoms with van der Waals surface area (Å²) in [7, 11) is 0. The number of hydrogen-bond donors (Lipinski definition) is 1. The highest BCUT2D eigenvalue weighted by Gasteiger charge is 2.17. The van der Waals surface area contributed by atoms with Crippen LogP contribution in [0, 0.1) is 0 Å². The number of benzene rings is 1. The van der Waals surface area contributed by atoms with Crippen molar-refractivity contribution in [3.63, 3.8) is 0 Å². The minimum absolute atomic E-state index is 0.171. The van der Waals surface area contributed by atoms with Gasteiger partial charge in [0.1, 0.15) is 0 Å². The van der Waals surface area contributed by atoms with E-state index in [-0.39, 0.29) is 5.69 Å². The number of hydrogen-bond acceptors (Lipinski definition) is 3. The van der Waals surface area contributed by atoms with Crippen LogP contribution in [-0.2, 0) is 6.54 Å². The molecule has 0 atom stereocenters. The first-order valence-corrected chi connectivity index (χ1v) is 6.31. The molecule has 94 valence electrons. The average molecular weight is 285 g/mol. The zero-order valence-corrected chi connectivity index (χ0v) is 10.9. The van der Waals surface area contributed by atoms with Crippen LogP contribution >= 0.6 is 23.2 Å². The number of rotatable bonds is 1. The van der Waals surface area contributed by atoms with E-state index in [2.05, 4.69) is 10.4 Å². The SMILES string of the molecule is O=c1n(-c2ccc(Cl)c(Cl)c2)nc2n1CCCN2. The molecule has 0 unspecified atom stereocenters. The number of nitrogens with one attached hydrogen (secondary N) is 1. The van der Waals surface area contributed by atoms with Crippen LogP contribution < -0.4 is 11.0 Å². The molecule has 2 heterocycles. The van der Waals surface area contributed by atoms with Gasteiger partial charge in [0.05, 0.1) is 15.7 Å². The molecule has 1 aliphatic rings. The summed E-state index contributed by atoms with van der Waals surface area (Å²) in [5.74, 6) is 0.595. The van der Waals surface area contributed by atoms with Crippen LogP contribution in [0.1, 0.15) is 6.42 Å². The Hall–Kier alpha value is -1.46. The third-order valence-electron chi connectivity index (χ3n) is 2.85. The summed E-state index contributed by atoms with van der Waals surface area (Å²) in [6.45, 7) is 1.51. The number of nitrogens with zero attached hydrogens (tertiary/aromatic N) is 3. The monoisotopic (exact) mass is 284 g/mol. The van der Waals surface area contributed by atoms with E-state index < -0.39 is 0 Å². The van der Waals surface area contributed by atoms with E-state index in [4.69, 9.17) is 23.2 Å². The van der Waals surface area contributed by atoms with E-state index in [1.165, 1.54) is 4.68 Å². The molecule has 2 aromatic rings. The second-order valence-corrected chi connectivity index (χ2v) is 4.86. The fourth-order valence-corrected chi connectivity index (χ4v) is 2.24. The molecule has 3 rings (SSSR count). The van der Waals surface area contributed by atoms with Crippen molar-refractivity contribution in [1.29, 1.82) is 0 Å². The van der Waals surface area contributed by atoms with Gasteiger partial charge in [0, 0.05) is 13.1 Å². The number of fused-ring (bicyclic) bond motifs is 1. The molecule has 0 saturated heterocycles. The summed E-state index contributed by atoms with van der Waals surface area (Å²) >= 11 is 11.8. The first kappa shape index (κ1) is 11.6. The Morgan fingerprint density at radius 3 is 2.83 bits per heavy atom. The molecule has 1 aromatic heterocycles. The highest BCUT2D eigenvalue weighted by Crippen LogP contribution is 2.24. The Balaban J connectivity index is 2.14. The molecule has 0 radical (unpaired) electrons. The van der Waals surface area contributed by atoms with Crippen molar-refractivity contribution < 1.29 is 0 Å². The van der Waals surface area contributed by atoms with Crippen molar-refractivity contribution in [2.24, 2.45) is 0 Å². The van der Waals surface area contributed by atoms with Crippen LogP contribution in [0.15, 0.2) is 23.0 Å². The van der Waals surface area contributed by atoms with Crippen molar-refractivity contribution in [1.82, 2.24) is 14.3 Å². The largest absolute Gasteiger partial charge is 0.354 e. The van der Waals surface area contributed by atoms with Crippen molar-refractivity contribution in [2.75, 3.05) is 11.9 Å². The van der Waals surface area contributed by atoms with E-state index in [0.29, 0.717) is 28.2 Å². The Kier molecular flexibility index (Phi) is 2.80. The lowest BCUT2D eigenvalue weighted by atomic mass is 10.3. The molecule has 7 heteroatoms. The second kappa shape index (κ2) is 4.33. The molecule has 0 bridgehead atoms. The van der Waals surface area contributed by atoms with Crippen molar-refractivity contribution in [3.05, 3.63) is 38.7 Å². The van der Waals surface area contributed by atoms with Gasteiger partial charge in [-0.15, -0.1) is 5.10 Å². The zero-order valence-electron chi connectivity index (χ0n) is 9.36. The molecular weight excluding hydrogens is 275 g/mol. The van der Waals surface area contributed by atoms with Crippen LogP contribution in [0.25, 0.3) is 5.69 Å². The summed E-state index contributed by atoms with van der Waals surface area (Å²) in [6, 6.07) is 5.00. The lowest BCUT2D eigenvalue weighted by Crippen LogP contribution is -2.27. The summed E-state index contributed by atoms with van der Waals surface area (Å²) < 4.78 is 2.95. The van der Waals surface area contributed by atoms with Crippen LogP contribution in [0.5, 0.6) is 0 Å². The molecule has 0 spiro atoms. The minimum atomic E-state index is -0.171. The van der Waals surface area contributed by atoms with Gasteiger partial charge in [-0.1, -0.05) is 23.2 Å². The van der Waals surface area contributed by atoms with E-state index in [1.54, 1.807) is 22.8 Å². The minimum Gasteiger partial charge on any atom is -0.354 e. The standard InChI is InChI=1S/C11H10Cl2N4O/c12-8-3-2-7(6-9(8)13)17-11(18)16-5-1-4-14-10(16)15-17/h2-3,6H,1,4-5H2,(H,14,15). The third-order valence-corrected chi connectivity index (χ3v) is 3.59. The molecular formula is C11H10Cl2N4O. The Bertz CT molecular complexity index is 662. The molecule has 1 aliphatic heterocycles. The van der Waals surface area contributed by atoms with E-state index in [9.17, 15) is 4.79 Å². The Morgan fingerprint density at radius 1 is 1.28 bits per heavy atom. The second-order valence-electron chi connectivity index (χ2n) is 4.05. The molecule has 0 fully saturated rings. The van der Waals surface area contributed by atoms with Gasteiger partial charge in [0.25, 0.3) is 0 Å². The Labute approximate surface area is 113 Å². The molecule has 18 heavy (non-hydrogen) atoms. The van der Waals surface area contributed by atoms with Gasteiger partial charge in [-0.2, -0.15) is 4.68 Å². The van der Waals surface area contributed by atoms with Gasteiger partial charge in [-0.05, 0) is 24.6 Å². The molecule has 0 amide bonds. The average Bonchev–Trinajstić information content (AvgIpc) is 2.71. The zero-order chi connectivity index (χ0) is 12.7. The molecule has 1 N–H and O–H groups in total. The van der Waals surface area contributed by atoms with E-state index in [1.807, 2.05) is 0 Å². The van der Waals surface area contributed by atoms with Crippen LogP contribution in [0.3, 0.4) is 0 Å². The predicted molar refractivity (Wildman–Crippen MR) is 71.0 cm³/mol.